The van der Waals surface area contributed by atoms with Crippen molar-refractivity contribution in [3.63, 3.8) is 0 Å². The Morgan fingerprint density at radius 2 is 1.86 bits per heavy atom. The van der Waals surface area contributed by atoms with E-state index in [0.29, 0.717) is 0 Å². The van der Waals surface area contributed by atoms with E-state index in [9.17, 15) is 4.57 Å². The van der Waals surface area contributed by atoms with Crippen molar-refractivity contribution in [3.8, 4) is 0 Å². The molecule has 0 bridgehead atoms. The fourth-order valence-corrected chi connectivity index (χ4v) is 0. The molecule has 0 aromatic carbocycles. The monoisotopic (exact) mass is 140 g/mol. The second-order valence-corrected chi connectivity index (χ2v) is 2.09. The van der Waals surface area contributed by atoms with E-state index < -0.39 is 7.82 Å². The van der Waals surface area contributed by atoms with E-state index in [0.717, 1.165) is 0 Å². The Hall–Kier alpha value is 0.997. The quantitative estimate of drug-likeness (QED) is 0.309. The number of hydrogen-bond donors (Lipinski definition) is 2. The molecule has 0 fully saturated rings. The van der Waals surface area contributed by atoms with Crippen LogP contribution in [0.2, 0.25) is 0 Å². The molecule has 0 aliphatic rings. The fourth-order valence-electron chi connectivity index (χ4n) is 0. The zero-order chi connectivity index (χ0) is 5.21. The molecule has 4 nitrogen and oxygen atoms in total. The van der Waals surface area contributed by atoms with E-state index >= 15 is 0 Å². The Labute approximate surface area is 58.9 Å². The van der Waals surface area contributed by atoms with Gasteiger partial charge >= 0.3 is 26.7 Å². The summed E-state index contributed by atoms with van der Waals surface area (Å²) in [5.41, 5.74) is 0. The summed E-state index contributed by atoms with van der Waals surface area (Å²) >= 11 is 4.21. The first-order valence-electron chi connectivity index (χ1n) is 0.919. The first kappa shape index (κ1) is 10.9. The average molecular weight is 140 g/mol. The first-order chi connectivity index (χ1) is 2.56. The summed E-state index contributed by atoms with van der Waals surface area (Å²) in [5, 5.41) is 0. The number of rotatable bonds is 1. The molecule has 2 N–H and O–H groups in total. The van der Waals surface area contributed by atoms with Gasteiger partial charge in [-0.05, 0) is 0 Å². The molecule has 7 heavy (non-hydrogen) atoms. The maximum absolute atomic E-state index is 9.34. The van der Waals surface area contributed by atoms with Crippen molar-refractivity contribution in [2.24, 2.45) is 0 Å². The Kier molecular flexibility index (Phi) is 6.12. The van der Waals surface area contributed by atoms with E-state index in [-0.39, 0.29) is 20.3 Å². The van der Waals surface area contributed by atoms with Crippen molar-refractivity contribution in [3.05, 3.63) is 0 Å². The second-order valence-electron chi connectivity index (χ2n) is 0.560. The Morgan fingerprint density at radius 3 is 1.86 bits per heavy atom. The SMILES string of the molecule is O=P(O)(O)OCl.[H-].[Li+]. The minimum atomic E-state index is -4.38. The molecule has 0 aromatic heterocycles. The third kappa shape index (κ3) is 10.9. The van der Waals surface area contributed by atoms with Crippen LogP contribution in [-0.4, -0.2) is 9.79 Å². The van der Waals surface area contributed by atoms with Crippen LogP contribution in [0.1, 0.15) is 1.43 Å². The van der Waals surface area contributed by atoms with Crippen molar-refractivity contribution in [1.82, 2.24) is 0 Å². The first-order valence-corrected chi connectivity index (χ1v) is 2.76. The van der Waals surface area contributed by atoms with Gasteiger partial charge in [-0.1, -0.05) is 0 Å². The minimum Gasteiger partial charge on any atom is -1.00 e. The van der Waals surface area contributed by atoms with Crippen molar-refractivity contribution >= 4 is 19.7 Å². The van der Waals surface area contributed by atoms with Crippen molar-refractivity contribution < 1.29 is 38.7 Å². The molecule has 0 saturated carbocycles. The minimum absolute atomic E-state index is 0. The van der Waals surface area contributed by atoms with Crippen LogP contribution in [0.3, 0.4) is 0 Å². The fraction of sp³-hybridized carbons (Fsp3) is 0. The zero-order valence-electron chi connectivity index (χ0n) is 4.54. The largest absolute Gasteiger partial charge is 1.00 e. The third-order valence-corrected chi connectivity index (χ3v) is 0.809. The molecule has 0 radical (unpaired) electrons. The van der Waals surface area contributed by atoms with Gasteiger partial charge in [0.25, 0.3) is 0 Å². The molecule has 0 spiro atoms. The predicted molar refractivity (Wildman–Crippen MR) is 20.1 cm³/mol. The van der Waals surface area contributed by atoms with Crippen LogP contribution >= 0.6 is 19.7 Å². The molecule has 0 unspecified atom stereocenters. The van der Waals surface area contributed by atoms with E-state index in [1.165, 1.54) is 0 Å². The summed E-state index contributed by atoms with van der Waals surface area (Å²) in [6.45, 7) is 0. The van der Waals surface area contributed by atoms with Crippen LogP contribution in [0.4, 0.5) is 0 Å². The number of halogens is 1. The molecule has 0 amide bonds. The smallest absolute Gasteiger partial charge is 1.00 e. The Balaban J connectivity index is -0.000000125. The molecule has 7 heteroatoms. The van der Waals surface area contributed by atoms with Gasteiger partial charge < -0.3 is 11.2 Å². The third-order valence-electron chi connectivity index (χ3n) is 0.0899. The normalized spacial score (nSPS) is 10.1. The molecule has 0 aliphatic heterocycles. The van der Waals surface area contributed by atoms with Gasteiger partial charge in [0, 0.05) is 0 Å². The number of hydrogen-bond acceptors (Lipinski definition) is 2. The molecule has 0 rings (SSSR count). The standard InChI is InChI=1S/ClH2O4P.Li.H/c1-5-6(2,3)4;;/h(H2,2,3,4);;/q;+1;-1. The second kappa shape index (κ2) is 3.94. The molecule has 0 saturated heterocycles. The maximum Gasteiger partial charge on any atom is 1.00 e. The average Bonchev–Trinajstić information content (AvgIpc) is 1.35. The van der Waals surface area contributed by atoms with Crippen molar-refractivity contribution in [2.75, 3.05) is 0 Å². The van der Waals surface area contributed by atoms with Crippen LogP contribution in [0.25, 0.3) is 0 Å². The molecular weight excluding hydrogens is 137 g/mol. The summed E-state index contributed by atoms with van der Waals surface area (Å²) in [6, 6.07) is 0. The van der Waals surface area contributed by atoms with Gasteiger partial charge in [0.15, 0.2) is 0 Å². The molecular formula is H3ClLiO4P. The summed E-state index contributed by atoms with van der Waals surface area (Å²) in [7, 11) is -4.38. The van der Waals surface area contributed by atoms with Gasteiger partial charge in [-0.15, -0.1) is 0 Å². The van der Waals surface area contributed by atoms with Gasteiger partial charge in [0.1, 0.15) is 0 Å². The molecule has 0 atom stereocenters. The van der Waals surface area contributed by atoms with Crippen LogP contribution in [0.5, 0.6) is 0 Å². The summed E-state index contributed by atoms with van der Waals surface area (Å²) in [6.07, 6.45) is 0. The zero-order valence-corrected chi connectivity index (χ0v) is 5.19. The van der Waals surface area contributed by atoms with Gasteiger partial charge in [-0.2, -0.15) is 4.08 Å². The van der Waals surface area contributed by atoms with Crippen molar-refractivity contribution in [1.29, 1.82) is 0 Å². The van der Waals surface area contributed by atoms with Gasteiger partial charge in [0.2, 0.25) is 0 Å². The summed E-state index contributed by atoms with van der Waals surface area (Å²) < 4.78 is 12.4. The van der Waals surface area contributed by atoms with Gasteiger partial charge in [-0.25, -0.2) is 4.57 Å². The van der Waals surface area contributed by atoms with E-state index in [4.69, 9.17) is 9.79 Å². The van der Waals surface area contributed by atoms with Crippen molar-refractivity contribution in [2.45, 2.75) is 0 Å². The van der Waals surface area contributed by atoms with E-state index in [1.54, 1.807) is 0 Å². The van der Waals surface area contributed by atoms with Gasteiger partial charge in [-0.3, -0.25) is 0 Å². The molecule has 0 aromatic rings. The van der Waals surface area contributed by atoms with E-state index in [1.807, 2.05) is 0 Å². The van der Waals surface area contributed by atoms with Crippen LogP contribution in [0, 0.1) is 0 Å². The Bertz CT molecular complexity index is 80.1. The van der Waals surface area contributed by atoms with Crippen LogP contribution in [-0.2, 0) is 8.64 Å². The van der Waals surface area contributed by atoms with Gasteiger partial charge in [0.05, 0.1) is 11.9 Å². The Morgan fingerprint density at radius 1 is 1.71 bits per heavy atom. The van der Waals surface area contributed by atoms with E-state index in [2.05, 4.69) is 15.9 Å². The predicted octanol–water partition coefficient (Wildman–Crippen LogP) is -2.63. The van der Waals surface area contributed by atoms with Crippen LogP contribution < -0.4 is 18.9 Å². The summed E-state index contributed by atoms with van der Waals surface area (Å²) in [4.78, 5) is 15.2. The molecule has 40 valence electrons. The van der Waals surface area contributed by atoms with Crippen LogP contribution in [0.15, 0.2) is 0 Å². The topological polar surface area (TPSA) is 66.8 Å². The number of phosphoric acid groups is 1. The molecule has 0 aliphatic carbocycles. The maximum atomic E-state index is 9.34. The summed E-state index contributed by atoms with van der Waals surface area (Å²) in [5.74, 6) is 0. The molecule has 0 heterocycles.